The molecule has 46 valence electrons. The Hall–Kier alpha value is 0.560. The van der Waals surface area contributed by atoms with Crippen LogP contribution >= 0.6 is 35.2 Å². The van der Waals surface area contributed by atoms with E-state index in [1.807, 2.05) is 18.2 Å². The summed E-state index contributed by atoms with van der Waals surface area (Å²) in [7, 11) is 0. The van der Waals surface area contributed by atoms with Gasteiger partial charge in [-0.1, -0.05) is 46.9 Å². The minimum absolute atomic E-state index is 0.825. The summed E-state index contributed by atoms with van der Waals surface area (Å²) in [6.45, 7) is 0. The molecule has 0 atom stereocenters. The quantitative estimate of drug-likeness (QED) is 0.333. The lowest BCUT2D eigenvalue weighted by Crippen LogP contribution is -1.58. The Balaban J connectivity index is 3.13. The lowest BCUT2D eigenvalue weighted by molar-refractivity contribution is 1.74. The third kappa shape index (κ3) is 6.56. The molecule has 0 aliphatic rings. The molecule has 0 aromatic carbocycles. The molecule has 0 nitrogen and oxygen atoms in total. The first kappa shape index (κ1) is 8.56. The zero-order valence-electron chi connectivity index (χ0n) is 4.55. The Labute approximate surface area is 69.6 Å². The van der Waals surface area contributed by atoms with Gasteiger partial charge in [-0.25, -0.2) is 0 Å². The molecule has 0 amide bonds. The van der Waals surface area contributed by atoms with Crippen LogP contribution in [0.25, 0.3) is 0 Å². The molecule has 0 N–H and O–H groups in total. The second-order valence-electron chi connectivity index (χ2n) is 1.19. The molecular formula is C6H9IS. The average Bonchev–Trinajstić information content (AvgIpc) is 1.81. The minimum Gasteiger partial charge on any atom is -0.175 e. The Morgan fingerprint density at radius 3 is 2.38 bits per heavy atom. The molecule has 0 bridgehead atoms. The van der Waals surface area contributed by atoms with Crippen LogP contribution in [-0.4, -0.2) is 10.2 Å². The number of allylic oxidation sites excluding steroid dienone is 3. The van der Waals surface area contributed by atoms with E-state index in [-0.39, 0.29) is 0 Å². The van der Waals surface area contributed by atoms with E-state index in [9.17, 15) is 0 Å². The molecule has 0 aromatic rings. The second-order valence-corrected chi connectivity index (χ2v) is 2.44. The predicted octanol–water partition coefficient (Wildman–Crippen LogP) is 2.46. The van der Waals surface area contributed by atoms with Gasteiger partial charge in [-0.15, -0.1) is 0 Å². The summed E-state index contributed by atoms with van der Waals surface area (Å²) in [5, 5.41) is 0. The topological polar surface area (TPSA) is 0 Å². The number of rotatable bonds is 3. The van der Waals surface area contributed by atoms with Crippen molar-refractivity contribution in [1.29, 1.82) is 0 Å². The van der Waals surface area contributed by atoms with Crippen molar-refractivity contribution in [3.8, 4) is 0 Å². The highest BCUT2D eigenvalue weighted by Crippen LogP contribution is 1.84. The monoisotopic (exact) mass is 240 g/mol. The van der Waals surface area contributed by atoms with Gasteiger partial charge in [0.15, 0.2) is 0 Å². The number of halogens is 1. The zero-order chi connectivity index (χ0) is 6.24. The molecule has 0 saturated carbocycles. The minimum atomic E-state index is 0.825. The lowest BCUT2D eigenvalue weighted by Gasteiger charge is -1.73. The first-order chi connectivity index (χ1) is 3.91. The third-order valence-electron chi connectivity index (χ3n) is 0.578. The van der Waals surface area contributed by atoms with E-state index in [1.54, 1.807) is 0 Å². The maximum atomic E-state index is 4.00. The number of hydrogen-bond donors (Lipinski definition) is 1. The van der Waals surface area contributed by atoms with Gasteiger partial charge in [0.25, 0.3) is 0 Å². The van der Waals surface area contributed by atoms with Gasteiger partial charge in [-0.2, -0.15) is 12.6 Å². The van der Waals surface area contributed by atoms with Crippen LogP contribution in [0.5, 0.6) is 0 Å². The molecule has 0 aliphatic carbocycles. The second kappa shape index (κ2) is 7.56. The van der Waals surface area contributed by atoms with Crippen molar-refractivity contribution in [2.45, 2.75) is 0 Å². The highest BCUT2D eigenvalue weighted by Gasteiger charge is 1.63. The van der Waals surface area contributed by atoms with E-state index in [4.69, 9.17) is 0 Å². The molecule has 0 aromatic heterocycles. The van der Waals surface area contributed by atoms with Gasteiger partial charge < -0.3 is 0 Å². The molecule has 2 heteroatoms. The molecule has 0 spiro atoms. The molecule has 0 heterocycles. The largest absolute Gasteiger partial charge is 0.175 e. The van der Waals surface area contributed by atoms with E-state index in [0.29, 0.717) is 0 Å². The van der Waals surface area contributed by atoms with Gasteiger partial charge in [0.05, 0.1) is 0 Å². The van der Waals surface area contributed by atoms with E-state index in [0.717, 1.165) is 10.2 Å². The summed E-state index contributed by atoms with van der Waals surface area (Å²) < 4.78 is 1.08. The van der Waals surface area contributed by atoms with Crippen LogP contribution in [0.1, 0.15) is 0 Å². The van der Waals surface area contributed by atoms with Crippen molar-refractivity contribution in [3.63, 3.8) is 0 Å². The summed E-state index contributed by atoms with van der Waals surface area (Å²) in [4.78, 5) is 0. The zero-order valence-corrected chi connectivity index (χ0v) is 7.60. The van der Waals surface area contributed by atoms with Crippen molar-refractivity contribution in [2.24, 2.45) is 0 Å². The Bertz CT molecular complexity index is 74.5. The van der Waals surface area contributed by atoms with Crippen LogP contribution < -0.4 is 0 Å². The van der Waals surface area contributed by atoms with Crippen LogP contribution in [0.3, 0.4) is 0 Å². The Morgan fingerprint density at radius 2 is 1.88 bits per heavy atom. The standard InChI is InChI=1S/C6H9IS/c7-5-3-1-2-4-6-8/h1-4,8H,5-6H2/b3-1-,4-2-. The summed E-state index contributed by atoms with van der Waals surface area (Å²) in [6, 6.07) is 0. The van der Waals surface area contributed by atoms with E-state index >= 15 is 0 Å². The highest BCUT2D eigenvalue weighted by molar-refractivity contribution is 14.1. The number of hydrogen-bond acceptors (Lipinski definition) is 1. The molecule has 0 fully saturated rings. The summed E-state index contributed by atoms with van der Waals surface area (Å²) in [6.07, 6.45) is 8.14. The Kier molecular flexibility index (Phi) is 8.09. The van der Waals surface area contributed by atoms with E-state index < -0.39 is 0 Å². The average molecular weight is 240 g/mol. The van der Waals surface area contributed by atoms with Gasteiger partial charge in [0.1, 0.15) is 0 Å². The molecule has 8 heavy (non-hydrogen) atoms. The van der Waals surface area contributed by atoms with Crippen LogP contribution in [0, 0.1) is 0 Å². The van der Waals surface area contributed by atoms with Crippen molar-refractivity contribution in [2.75, 3.05) is 10.2 Å². The van der Waals surface area contributed by atoms with Gasteiger partial charge in [-0.3, -0.25) is 0 Å². The molecule has 0 unspecified atom stereocenters. The molecule has 0 aliphatic heterocycles. The molecule has 0 saturated heterocycles. The maximum absolute atomic E-state index is 4.00. The smallest absolute Gasteiger partial charge is 0.0178 e. The Morgan fingerprint density at radius 1 is 1.25 bits per heavy atom. The normalized spacial score (nSPS) is 11.8. The lowest BCUT2D eigenvalue weighted by atomic mass is 10.5. The fraction of sp³-hybridized carbons (Fsp3) is 0.333. The fourth-order valence-electron chi connectivity index (χ4n) is 0.269. The van der Waals surface area contributed by atoms with E-state index in [2.05, 4.69) is 41.3 Å². The number of thiol groups is 1. The molecule has 0 rings (SSSR count). The third-order valence-corrected chi connectivity index (χ3v) is 1.30. The maximum Gasteiger partial charge on any atom is 0.0178 e. The number of alkyl halides is 1. The molecule has 0 radical (unpaired) electrons. The van der Waals surface area contributed by atoms with Gasteiger partial charge in [-0.05, 0) is 0 Å². The van der Waals surface area contributed by atoms with Crippen LogP contribution in [0.4, 0.5) is 0 Å². The highest BCUT2D eigenvalue weighted by atomic mass is 127. The summed E-state index contributed by atoms with van der Waals surface area (Å²) >= 11 is 6.30. The predicted molar refractivity (Wildman–Crippen MR) is 51.0 cm³/mol. The summed E-state index contributed by atoms with van der Waals surface area (Å²) in [5.74, 6) is 0.825. The van der Waals surface area contributed by atoms with Crippen LogP contribution in [0.15, 0.2) is 24.3 Å². The van der Waals surface area contributed by atoms with Gasteiger partial charge in [0, 0.05) is 10.2 Å². The fourth-order valence-corrected chi connectivity index (χ4v) is 0.685. The first-order valence-electron chi connectivity index (χ1n) is 2.40. The van der Waals surface area contributed by atoms with Gasteiger partial charge in [0.2, 0.25) is 0 Å². The van der Waals surface area contributed by atoms with Crippen molar-refractivity contribution in [1.82, 2.24) is 0 Å². The van der Waals surface area contributed by atoms with Crippen molar-refractivity contribution in [3.05, 3.63) is 24.3 Å². The van der Waals surface area contributed by atoms with Crippen molar-refractivity contribution >= 4 is 35.2 Å². The van der Waals surface area contributed by atoms with Crippen molar-refractivity contribution < 1.29 is 0 Å². The van der Waals surface area contributed by atoms with E-state index in [1.165, 1.54) is 0 Å². The van der Waals surface area contributed by atoms with Crippen LogP contribution in [0.2, 0.25) is 0 Å². The SMILES string of the molecule is SC/C=C\C=C/CI. The van der Waals surface area contributed by atoms with Gasteiger partial charge >= 0.3 is 0 Å². The summed E-state index contributed by atoms with van der Waals surface area (Å²) in [5.41, 5.74) is 0. The van der Waals surface area contributed by atoms with Crippen LogP contribution in [-0.2, 0) is 0 Å². The first-order valence-corrected chi connectivity index (χ1v) is 4.56. The molecular weight excluding hydrogens is 231 g/mol.